The Morgan fingerprint density at radius 3 is 2.71 bits per heavy atom. The van der Waals surface area contributed by atoms with Crippen molar-refractivity contribution in [1.29, 1.82) is 0 Å². The van der Waals surface area contributed by atoms with Crippen molar-refractivity contribution in [1.82, 2.24) is 5.32 Å². The number of thioether (sulfide) groups is 1. The van der Waals surface area contributed by atoms with Gasteiger partial charge in [0.05, 0.1) is 5.37 Å². The Balaban J connectivity index is 2.24. The maximum Gasteiger partial charge on any atom is 0.322 e. The number of carboxylic acids is 1. The Morgan fingerprint density at radius 1 is 1.47 bits per heavy atom. The van der Waals surface area contributed by atoms with Gasteiger partial charge in [-0.15, -0.1) is 11.8 Å². The molecule has 1 unspecified atom stereocenters. The van der Waals surface area contributed by atoms with E-state index in [9.17, 15) is 9.90 Å². The van der Waals surface area contributed by atoms with E-state index in [4.69, 9.17) is 5.11 Å². The van der Waals surface area contributed by atoms with Gasteiger partial charge in [0.1, 0.15) is 11.8 Å². The number of carboxylic acid groups (broad SMARTS) is 1. The number of phenols is 1. The molecule has 1 aromatic rings. The molecule has 0 amide bonds. The summed E-state index contributed by atoms with van der Waals surface area (Å²) in [5.74, 6) is -0.647. The third-order valence-corrected chi connectivity index (χ3v) is 4.34. The molecule has 1 saturated heterocycles. The molecule has 92 valence electrons. The first-order valence-electron chi connectivity index (χ1n) is 5.36. The molecular weight excluding hydrogens is 238 g/mol. The number of nitrogens with one attached hydrogen (secondary N) is 1. The number of carbonyl (C=O) groups is 1. The summed E-state index contributed by atoms with van der Waals surface area (Å²) in [4.78, 5) is 11.1. The van der Waals surface area contributed by atoms with E-state index in [-0.39, 0.29) is 15.9 Å². The minimum absolute atomic E-state index is 0.0989. The van der Waals surface area contributed by atoms with Gasteiger partial charge in [0.25, 0.3) is 0 Å². The molecule has 2 rings (SSSR count). The molecule has 0 saturated carbocycles. The molecule has 0 aromatic heterocycles. The van der Waals surface area contributed by atoms with Crippen LogP contribution >= 0.6 is 11.8 Å². The molecule has 0 aliphatic carbocycles. The van der Waals surface area contributed by atoms with Crippen LogP contribution in [-0.4, -0.2) is 27.0 Å². The van der Waals surface area contributed by atoms with Gasteiger partial charge in [0, 0.05) is 4.75 Å². The molecule has 1 aliphatic heterocycles. The van der Waals surface area contributed by atoms with Crippen LogP contribution in [-0.2, 0) is 4.79 Å². The number of hydrogen-bond donors (Lipinski definition) is 3. The number of aliphatic carboxylic acids is 1. The zero-order valence-electron chi connectivity index (χ0n) is 9.68. The molecule has 2 atom stereocenters. The number of hydrogen-bond acceptors (Lipinski definition) is 4. The van der Waals surface area contributed by atoms with Crippen molar-refractivity contribution in [2.24, 2.45) is 0 Å². The first-order valence-corrected chi connectivity index (χ1v) is 6.24. The highest BCUT2D eigenvalue weighted by atomic mass is 32.2. The fourth-order valence-electron chi connectivity index (χ4n) is 1.98. The second-order valence-electron chi connectivity index (χ2n) is 4.63. The van der Waals surface area contributed by atoms with E-state index < -0.39 is 12.0 Å². The van der Waals surface area contributed by atoms with Crippen molar-refractivity contribution >= 4 is 17.7 Å². The molecule has 1 aliphatic rings. The summed E-state index contributed by atoms with van der Waals surface area (Å²) in [7, 11) is 0. The summed E-state index contributed by atoms with van der Waals surface area (Å²) in [6.45, 7) is 3.82. The standard InChI is InChI=1S/C12H15NO3S/c1-12(2)9(11(15)16)13-10(17-12)7-4-3-5-8(14)6-7/h3-6,9-10,13-14H,1-2H3,(H,15,16)/t9-,10?/m0/s1. The van der Waals surface area contributed by atoms with Crippen LogP contribution in [0, 0.1) is 0 Å². The van der Waals surface area contributed by atoms with E-state index >= 15 is 0 Å². The predicted octanol–water partition coefficient (Wildman–Crippen LogP) is 1.96. The maximum atomic E-state index is 11.1. The third kappa shape index (κ3) is 2.40. The van der Waals surface area contributed by atoms with Gasteiger partial charge in [-0.05, 0) is 31.5 Å². The Labute approximate surface area is 104 Å². The lowest BCUT2D eigenvalue weighted by Crippen LogP contribution is -2.43. The highest BCUT2D eigenvalue weighted by molar-refractivity contribution is 8.01. The molecule has 0 bridgehead atoms. The van der Waals surface area contributed by atoms with E-state index in [1.54, 1.807) is 30.0 Å². The summed E-state index contributed by atoms with van der Waals surface area (Å²) >= 11 is 1.56. The van der Waals surface area contributed by atoms with Crippen LogP contribution in [0.3, 0.4) is 0 Å². The summed E-state index contributed by atoms with van der Waals surface area (Å²) in [5, 5.41) is 21.5. The molecular formula is C12H15NO3S. The average molecular weight is 253 g/mol. The minimum Gasteiger partial charge on any atom is -0.508 e. The van der Waals surface area contributed by atoms with Crippen molar-refractivity contribution in [3.63, 3.8) is 0 Å². The van der Waals surface area contributed by atoms with Crippen LogP contribution in [0.15, 0.2) is 24.3 Å². The number of phenolic OH excluding ortho intramolecular Hbond substituents is 1. The Morgan fingerprint density at radius 2 is 2.18 bits per heavy atom. The normalized spacial score (nSPS) is 26.9. The maximum absolute atomic E-state index is 11.1. The number of benzene rings is 1. The third-order valence-electron chi connectivity index (χ3n) is 2.85. The summed E-state index contributed by atoms with van der Waals surface area (Å²) in [6, 6.07) is 6.31. The van der Waals surface area contributed by atoms with Crippen LogP contribution < -0.4 is 5.32 Å². The van der Waals surface area contributed by atoms with Crippen molar-refractivity contribution < 1.29 is 15.0 Å². The first-order chi connectivity index (χ1) is 7.90. The second-order valence-corrected chi connectivity index (χ2v) is 6.39. The van der Waals surface area contributed by atoms with Crippen LogP contribution in [0.5, 0.6) is 5.75 Å². The Hall–Kier alpha value is -1.20. The fourth-order valence-corrected chi connectivity index (χ4v) is 3.38. The first kappa shape index (κ1) is 12.3. The van der Waals surface area contributed by atoms with Gasteiger partial charge in [-0.3, -0.25) is 10.1 Å². The zero-order chi connectivity index (χ0) is 12.6. The van der Waals surface area contributed by atoms with Gasteiger partial charge < -0.3 is 10.2 Å². The second kappa shape index (κ2) is 4.23. The molecule has 17 heavy (non-hydrogen) atoms. The molecule has 5 heteroatoms. The monoisotopic (exact) mass is 253 g/mol. The van der Waals surface area contributed by atoms with Gasteiger partial charge in [0.2, 0.25) is 0 Å². The van der Waals surface area contributed by atoms with Gasteiger partial charge >= 0.3 is 5.97 Å². The Kier molecular flexibility index (Phi) is 3.05. The highest BCUT2D eigenvalue weighted by Crippen LogP contribution is 2.45. The number of rotatable bonds is 2. The lowest BCUT2D eigenvalue weighted by atomic mass is 10.0. The quantitative estimate of drug-likeness (QED) is 0.751. The summed E-state index contributed by atoms with van der Waals surface area (Å²) < 4.78 is -0.373. The molecule has 3 N–H and O–H groups in total. The van der Waals surface area contributed by atoms with E-state index in [1.807, 2.05) is 19.9 Å². The topological polar surface area (TPSA) is 69.6 Å². The van der Waals surface area contributed by atoms with Crippen LogP contribution in [0.25, 0.3) is 0 Å². The lowest BCUT2D eigenvalue weighted by molar-refractivity contribution is -0.139. The smallest absolute Gasteiger partial charge is 0.322 e. The minimum atomic E-state index is -0.842. The molecule has 1 fully saturated rings. The van der Waals surface area contributed by atoms with Crippen molar-refractivity contribution in [2.45, 2.75) is 30.0 Å². The predicted molar refractivity (Wildman–Crippen MR) is 67.1 cm³/mol. The highest BCUT2D eigenvalue weighted by Gasteiger charge is 2.45. The largest absolute Gasteiger partial charge is 0.508 e. The van der Waals surface area contributed by atoms with Gasteiger partial charge in [-0.2, -0.15) is 0 Å². The SMILES string of the molecule is CC1(C)SC(c2cccc(O)c2)N[C@H]1C(=O)O. The lowest BCUT2D eigenvalue weighted by Gasteiger charge is -2.20. The van der Waals surface area contributed by atoms with E-state index in [0.717, 1.165) is 5.56 Å². The van der Waals surface area contributed by atoms with Gasteiger partial charge in [-0.25, -0.2) is 0 Å². The molecule has 0 spiro atoms. The van der Waals surface area contributed by atoms with E-state index in [1.165, 1.54) is 0 Å². The molecule has 0 radical (unpaired) electrons. The fraction of sp³-hybridized carbons (Fsp3) is 0.417. The van der Waals surface area contributed by atoms with Crippen LogP contribution in [0.1, 0.15) is 24.8 Å². The number of aromatic hydroxyl groups is 1. The van der Waals surface area contributed by atoms with E-state index in [0.29, 0.717) is 0 Å². The molecule has 1 heterocycles. The zero-order valence-corrected chi connectivity index (χ0v) is 10.5. The van der Waals surface area contributed by atoms with Crippen molar-refractivity contribution in [3.05, 3.63) is 29.8 Å². The van der Waals surface area contributed by atoms with E-state index in [2.05, 4.69) is 5.32 Å². The Bertz CT molecular complexity index is 447. The van der Waals surface area contributed by atoms with Gasteiger partial charge in [0.15, 0.2) is 0 Å². The van der Waals surface area contributed by atoms with Crippen molar-refractivity contribution in [2.75, 3.05) is 0 Å². The van der Waals surface area contributed by atoms with Crippen molar-refractivity contribution in [3.8, 4) is 5.75 Å². The summed E-state index contributed by atoms with van der Waals surface area (Å²) in [6.07, 6.45) is 0. The van der Waals surface area contributed by atoms with Gasteiger partial charge in [-0.1, -0.05) is 12.1 Å². The summed E-state index contributed by atoms with van der Waals surface area (Å²) in [5.41, 5.74) is 0.895. The molecule has 1 aromatic carbocycles. The van der Waals surface area contributed by atoms with Crippen LogP contribution in [0.2, 0.25) is 0 Å². The van der Waals surface area contributed by atoms with Crippen LogP contribution in [0.4, 0.5) is 0 Å². The average Bonchev–Trinajstić information content (AvgIpc) is 2.54. The molecule has 4 nitrogen and oxygen atoms in total.